The number of carbonyl (C=O) groups is 1. The Bertz CT molecular complexity index is 126. The zero-order chi connectivity index (χ0) is 8.10. The van der Waals surface area contributed by atoms with Gasteiger partial charge in [-0.1, -0.05) is 25.7 Å². The van der Waals surface area contributed by atoms with Crippen molar-refractivity contribution in [1.29, 1.82) is 0 Å². The first-order valence-electron chi connectivity index (χ1n) is 4.48. The minimum Gasteiger partial charge on any atom is -0.273 e. The van der Waals surface area contributed by atoms with Gasteiger partial charge < -0.3 is 0 Å². The zero-order valence-corrected chi connectivity index (χ0v) is 7.18. The molecule has 0 heterocycles. The van der Waals surface area contributed by atoms with Crippen molar-refractivity contribution in [1.82, 2.24) is 5.32 Å². The van der Waals surface area contributed by atoms with Crippen LogP contribution in [0, 0.1) is 5.92 Å². The smallest absolute Gasteiger partial charge is 0.243 e. The molecule has 1 aliphatic carbocycles. The van der Waals surface area contributed by atoms with Crippen molar-refractivity contribution in [2.45, 2.75) is 38.5 Å². The van der Waals surface area contributed by atoms with Crippen LogP contribution in [0.15, 0.2) is 0 Å². The van der Waals surface area contributed by atoms with Crippen molar-refractivity contribution >= 4 is 5.91 Å². The number of hydrogen-bond donors (Lipinski definition) is 0. The molecule has 1 rings (SSSR count). The molecule has 0 aromatic rings. The molecule has 1 saturated carbocycles. The van der Waals surface area contributed by atoms with Gasteiger partial charge in [0.1, 0.15) is 0 Å². The lowest BCUT2D eigenvalue weighted by Gasteiger charge is -2.09. The van der Waals surface area contributed by atoms with E-state index in [2.05, 4.69) is 5.32 Å². The Morgan fingerprint density at radius 1 is 1.18 bits per heavy atom. The summed E-state index contributed by atoms with van der Waals surface area (Å²) in [5.41, 5.74) is 0. The zero-order valence-electron chi connectivity index (χ0n) is 7.18. The summed E-state index contributed by atoms with van der Waals surface area (Å²) in [7, 11) is 1.60. The van der Waals surface area contributed by atoms with E-state index in [1.165, 1.54) is 25.7 Å². The van der Waals surface area contributed by atoms with Crippen LogP contribution < -0.4 is 5.32 Å². The first-order chi connectivity index (χ1) is 5.34. The van der Waals surface area contributed by atoms with Gasteiger partial charge >= 0.3 is 0 Å². The van der Waals surface area contributed by atoms with Gasteiger partial charge in [-0.05, 0) is 12.8 Å². The van der Waals surface area contributed by atoms with Crippen LogP contribution in [0.1, 0.15) is 38.5 Å². The van der Waals surface area contributed by atoms with Crippen molar-refractivity contribution < 1.29 is 4.79 Å². The molecule has 2 heteroatoms. The Kier molecular flexibility index (Phi) is 3.40. The van der Waals surface area contributed by atoms with Crippen LogP contribution in [0.4, 0.5) is 0 Å². The van der Waals surface area contributed by atoms with Gasteiger partial charge in [-0.3, -0.25) is 10.1 Å². The standard InChI is InChI=1S/C9H16NO/c1-10-9(11)8-6-4-2-3-5-7-8/h8H,2-7H2,1H3. The van der Waals surface area contributed by atoms with Gasteiger partial charge in [0.25, 0.3) is 0 Å². The fraction of sp³-hybridized carbons (Fsp3) is 0.889. The molecule has 0 aromatic heterocycles. The van der Waals surface area contributed by atoms with Gasteiger partial charge in [0.15, 0.2) is 0 Å². The normalized spacial score (nSPS) is 20.8. The molecule has 0 bridgehead atoms. The summed E-state index contributed by atoms with van der Waals surface area (Å²) >= 11 is 0. The maximum Gasteiger partial charge on any atom is 0.243 e. The van der Waals surface area contributed by atoms with Crippen LogP contribution in [-0.2, 0) is 4.79 Å². The lowest BCUT2D eigenvalue weighted by Crippen LogP contribution is -2.21. The fourth-order valence-corrected chi connectivity index (χ4v) is 1.71. The predicted octanol–water partition coefficient (Wildman–Crippen LogP) is 1.72. The van der Waals surface area contributed by atoms with E-state index >= 15 is 0 Å². The SMILES string of the molecule is C[N]C(=O)C1CCCCCC1. The first-order valence-corrected chi connectivity index (χ1v) is 4.48. The van der Waals surface area contributed by atoms with Crippen molar-refractivity contribution in [3.63, 3.8) is 0 Å². The van der Waals surface area contributed by atoms with Gasteiger partial charge in [-0.2, -0.15) is 0 Å². The second kappa shape index (κ2) is 4.37. The molecule has 0 aliphatic heterocycles. The van der Waals surface area contributed by atoms with Crippen LogP contribution in [-0.4, -0.2) is 13.0 Å². The average Bonchev–Trinajstić information content (AvgIpc) is 2.30. The molecule has 0 saturated heterocycles. The Balaban J connectivity index is 2.36. The minimum atomic E-state index is 0.118. The second-order valence-electron chi connectivity index (χ2n) is 3.25. The summed E-state index contributed by atoms with van der Waals surface area (Å²) in [5.74, 6) is 0.370. The quantitative estimate of drug-likeness (QED) is 0.529. The highest BCUT2D eigenvalue weighted by atomic mass is 16.1. The van der Waals surface area contributed by atoms with E-state index in [-0.39, 0.29) is 11.8 Å². The molecule has 63 valence electrons. The summed E-state index contributed by atoms with van der Waals surface area (Å²) in [4.78, 5) is 11.2. The van der Waals surface area contributed by atoms with Crippen LogP contribution in [0.2, 0.25) is 0 Å². The van der Waals surface area contributed by atoms with Gasteiger partial charge in [0.2, 0.25) is 5.91 Å². The van der Waals surface area contributed by atoms with Crippen LogP contribution in [0.5, 0.6) is 0 Å². The predicted molar refractivity (Wildman–Crippen MR) is 44.3 cm³/mol. The average molecular weight is 154 g/mol. The molecule has 1 aliphatic rings. The van der Waals surface area contributed by atoms with Crippen molar-refractivity contribution in [2.75, 3.05) is 7.05 Å². The summed E-state index contributed by atoms with van der Waals surface area (Å²) in [5, 5.41) is 3.71. The topological polar surface area (TPSA) is 31.2 Å². The molecule has 0 unspecified atom stereocenters. The lowest BCUT2D eigenvalue weighted by molar-refractivity contribution is -0.125. The van der Waals surface area contributed by atoms with E-state index in [1.54, 1.807) is 7.05 Å². The Morgan fingerprint density at radius 2 is 1.73 bits per heavy atom. The molecule has 0 atom stereocenters. The van der Waals surface area contributed by atoms with E-state index in [1.807, 2.05) is 0 Å². The number of rotatable bonds is 1. The maximum absolute atomic E-state index is 11.2. The van der Waals surface area contributed by atoms with Crippen LogP contribution in [0.25, 0.3) is 0 Å². The van der Waals surface area contributed by atoms with Gasteiger partial charge in [0.05, 0.1) is 0 Å². The molecule has 1 amide bonds. The monoisotopic (exact) mass is 154 g/mol. The maximum atomic E-state index is 11.2. The molecule has 1 fully saturated rings. The number of carbonyl (C=O) groups excluding carboxylic acids is 1. The molecule has 0 aromatic carbocycles. The Labute approximate surface area is 68.4 Å². The molecule has 11 heavy (non-hydrogen) atoms. The second-order valence-corrected chi connectivity index (χ2v) is 3.25. The van der Waals surface area contributed by atoms with Gasteiger partial charge in [-0.25, -0.2) is 0 Å². The summed E-state index contributed by atoms with van der Waals surface area (Å²) in [6, 6.07) is 0. The van der Waals surface area contributed by atoms with E-state index in [4.69, 9.17) is 0 Å². The molecular weight excluding hydrogens is 138 g/mol. The number of nitrogens with zero attached hydrogens (tertiary/aromatic N) is 1. The third-order valence-electron chi connectivity index (χ3n) is 2.42. The summed E-state index contributed by atoms with van der Waals surface area (Å²) in [6.07, 6.45) is 7.16. The van der Waals surface area contributed by atoms with E-state index in [0.29, 0.717) is 0 Å². The highest BCUT2D eigenvalue weighted by Gasteiger charge is 2.18. The Hall–Kier alpha value is -0.530. The molecule has 0 N–H and O–H groups in total. The van der Waals surface area contributed by atoms with E-state index in [0.717, 1.165) is 12.8 Å². The molecule has 1 radical (unpaired) electrons. The first kappa shape index (κ1) is 8.57. The summed E-state index contributed by atoms with van der Waals surface area (Å²) in [6.45, 7) is 0. The van der Waals surface area contributed by atoms with Crippen LogP contribution in [0.3, 0.4) is 0 Å². The number of amides is 1. The van der Waals surface area contributed by atoms with Crippen LogP contribution >= 0.6 is 0 Å². The lowest BCUT2D eigenvalue weighted by atomic mass is 10.00. The highest BCUT2D eigenvalue weighted by molar-refractivity contribution is 5.77. The minimum absolute atomic E-state index is 0.118. The highest BCUT2D eigenvalue weighted by Crippen LogP contribution is 2.22. The van der Waals surface area contributed by atoms with Gasteiger partial charge in [-0.15, -0.1) is 0 Å². The van der Waals surface area contributed by atoms with Crippen molar-refractivity contribution in [3.05, 3.63) is 0 Å². The van der Waals surface area contributed by atoms with Crippen molar-refractivity contribution in [2.24, 2.45) is 5.92 Å². The molecule has 2 nitrogen and oxygen atoms in total. The fourth-order valence-electron chi connectivity index (χ4n) is 1.71. The van der Waals surface area contributed by atoms with E-state index < -0.39 is 0 Å². The number of hydrogen-bond acceptors (Lipinski definition) is 1. The third kappa shape index (κ3) is 2.52. The Morgan fingerprint density at radius 3 is 2.18 bits per heavy atom. The third-order valence-corrected chi connectivity index (χ3v) is 2.42. The molecular formula is C9H16NO. The van der Waals surface area contributed by atoms with E-state index in [9.17, 15) is 4.79 Å². The largest absolute Gasteiger partial charge is 0.273 e. The van der Waals surface area contributed by atoms with Gasteiger partial charge in [0, 0.05) is 13.0 Å². The molecule has 0 spiro atoms. The summed E-state index contributed by atoms with van der Waals surface area (Å²) < 4.78 is 0. The van der Waals surface area contributed by atoms with Crippen molar-refractivity contribution in [3.8, 4) is 0 Å².